The molecule has 1 saturated heterocycles. The van der Waals surface area contributed by atoms with Gasteiger partial charge in [-0.3, -0.25) is 14.4 Å². The average molecular weight is 338 g/mol. The lowest BCUT2D eigenvalue weighted by Crippen LogP contribution is -2.44. The summed E-state index contributed by atoms with van der Waals surface area (Å²) in [6.45, 7) is 2.04. The third-order valence-corrected chi connectivity index (χ3v) is 4.16. The van der Waals surface area contributed by atoms with E-state index in [9.17, 15) is 14.4 Å². The summed E-state index contributed by atoms with van der Waals surface area (Å²) in [5, 5.41) is 5.95. The van der Waals surface area contributed by atoms with Gasteiger partial charge in [0.2, 0.25) is 17.7 Å². The van der Waals surface area contributed by atoms with Gasteiger partial charge < -0.3 is 15.5 Å². The van der Waals surface area contributed by atoms with Crippen molar-refractivity contribution in [2.45, 2.75) is 19.4 Å². The van der Waals surface area contributed by atoms with E-state index in [1.54, 1.807) is 36.2 Å². The van der Waals surface area contributed by atoms with Crippen LogP contribution in [0.15, 0.2) is 24.3 Å². The summed E-state index contributed by atoms with van der Waals surface area (Å²) in [5.41, 5.74) is 0.860. The third kappa shape index (κ3) is 4.45. The number of likely N-dealkylation sites (tertiary alicyclic amines) is 1. The summed E-state index contributed by atoms with van der Waals surface area (Å²) < 4.78 is 0. The van der Waals surface area contributed by atoms with Crippen LogP contribution in [0.25, 0.3) is 0 Å². The largest absolute Gasteiger partial charge is 0.359 e. The second-order valence-corrected chi connectivity index (χ2v) is 6.07. The first-order valence-corrected chi connectivity index (χ1v) is 7.79. The van der Waals surface area contributed by atoms with Crippen LogP contribution in [0.2, 0.25) is 5.02 Å². The van der Waals surface area contributed by atoms with E-state index in [1.807, 2.05) is 0 Å². The molecule has 124 valence electrons. The zero-order valence-corrected chi connectivity index (χ0v) is 13.9. The fourth-order valence-corrected chi connectivity index (χ4v) is 2.88. The van der Waals surface area contributed by atoms with Gasteiger partial charge in [0.15, 0.2) is 0 Å². The van der Waals surface area contributed by atoms with Gasteiger partial charge in [-0.2, -0.15) is 0 Å². The highest BCUT2D eigenvalue weighted by Gasteiger charge is 2.39. The van der Waals surface area contributed by atoms with E-state index in [4.69, 9.17) is 11.6 Å². The maximum Gasteiger partial charge on any atom is 0.227 e. The topological polar surface area (TPSA) is 78.5 Å². The molecular weight excluding hydrogens is 318 g/mol. The van der Waals surface area contributed by atoms with Crippen LogP contribution in [-0.2, 0) is 20.8 Å². The van der Waals surface area contributed by atoms with E-state index in [2.05, 4.69) is 10.6 Å². The Bertz CT molecular complexity index is 603. The molecule has 0 unspecified atom stereocenters. The third-order valence-electron chi connectivity index (χ3n) is 3.91. The van der Waals surface area contributed by atoms with E-state index in [0.717, 1.165) is 5.56 Å². The molecule has 0 spiro atoms. The molecule has 0 bridgehead atoms. The number of hydrogen-bond acceptors (Lipinski definition) is 3. The quantitative estimate of drug-likeness (QED) is 0.844. The molecule has 2 rings (SSSR count). The van der Waals surface area contributed by atoms with Crippen LogP contribution in [0, 0.1) is 5.92 Å². The summed E-state index contributed by atoms with van der Waals surface area (Å²) in [4.78, 5) is 37.3. The minimum atomic E-state index is -0.432. The first kappa shape index (κ1) is 17.3. The number of nitrogens with zero attached hydrogens (tertiary/aromatic N) is 1. The number of nitrogens with one attached hydrogen (secondary N) is 2. The number of carbonyl (C=O) groups excluding carboxylic acids is 3. The predicted octanol–water partition coefficient (Wildman–Crippen LogP) is 0.592. The molecule has 1 aliphatic rings. The molecule has 7 heteroatoms. The van der Waals surface area contributed by atoms with Crippen molar-refractivity contribution in [1.29, 1.82) is 0 Å². The molecule has 1 fully saturated rings. The molecular formula is C16H20ClN3O3. The van der Waals surface area contributed by atoms with Crippen LogP contribution in [0.5, 0.6) is 0 Å². The molecule has 0 radical (unpaired) electrons. The van der Waals surface area contributed by atoms with Gasteiger partial charge in [-0.05, 0) is 17.7 Å². The molecule has 0 aliphatic carbocycles. The lowest BCUT2D eigenvalue weighted by Gasteiger charge is -2.17. The number of hydrogen-bond donors (Lipinski definition) is 2. The minimum absolute atomic E-state index is 0.0749. The van der Waals surface area contributed by atoms with Crippen LogP contribution in [-0.4, -0.2) is 48.8 Å². The normalized spacial score (nSPS) is 20.2. The lowest BCUT2D eigenvalue weighted by atomic mass is 10.0. The summed E-state index contributed by atoms with van der Waals surface area (Å²) >= 11 is 5.83. The lowest BCUT2D eigenvalue weighted by molar-refractivity contribution is -0.130. The van der Waals surface area contributed by atoms with Crippen LogP contribution < -0.4 is 10.6 Å². The van der Waals surface area contributed by atoms with Crippen molar-refractivity contribution >= 4 is 29.3 Å². The molecule has 23 heavy (non-hydrogen) atoms. The van der Waals surface area contributed by atoms with Crippen LogP contribution in [0.4, 0.5) is 0 Å². The van der Waals surface area contributed by atoms with E-state index >= 15 is 0 Å². The zero-order chi connectivity index (χ0) is 17.0. The van der Waals surface area contributed by atoms with Crippen molar-refractivity contribution in [3.05, 3.63) is 34.9 Å². The summed E-state index contributed by atoms with van der Waals surface area (Å²) in [5.74, 6) is -0.895. The number of carbonyl (C=O) groups is 3. The molecule has 1 aromatic rings. The van der Waals surface area contributed by atoms with E-state index in [0.29, 0.717) is 18.1 Å². The van der Waals surface area contributed by atoms with Crippen molar-refractivity contribution < 1.29 is 14.4 Å². The first-order chi connectivity index (χ1) is 10.9. The van der Waals surface area contributed by atoms with E-state index in [-0.39, 0.29) is 30.2 Å². The van der Waals surface area contributed by atoms with Crippen molar-refractivity contribution in [1.82, 2.24) is 15.5 Å². The molecule has 6 nitrogen and oxygen atoms in total. The van der Waals surface area contributed by atoms with Crippen LogP contribution in [0.1, 0.15) is 12.5 Å². The predicted molar refractivity (Wildman–Crippen MR) is 86.9 cm³/mol. The fraction of sp³-hybridized carbons (Fsp3) is 0.438. The molecule has 0 aromatic heterocycles. The Morgan fingerprint density at radius 3 is 2.43 bits per heavy atom. The highest BCUT2D eigenvalue weighted by Crippen LogP contribution is 2.19. The second kappa shape index (κ2) is 7.46. The molecule has 0 saturated carbocycles. The van der Waals surface area contributed by atoms with Crippen molar-refractivity contribution in [3.8, 4) is 0 Å². The Kier molecular flexibility index (Phi) is 5.60. The number of halogens is 1. The highest BCUT2D eigenvalue weighted by atomic mass is 35.5. The van der Waals surface area contributed by atoms with Gasteiger partial charge in [0, 0.05) is 32.1 Å². The van der Waals surface area contributed by atoms with Gasteiger partial charge in [0.25, 0.3) is 0 Å². The van der Waals surface area contributed by atoms with Crippen molar-refractivity contribution in [2.24, 2.45) is 5.92 Å². The smallest absolute Gasteiger partial charge is 0.227 e. The summed E-state index contributed by atoms with van der Waals surface area (Å²) in [6, 6.07) is 6.72. The molecule has 2 atom stereocenters. The molecule has 1 aliphatic heterocycles. The SMILES string of the molecule is CNC(=O)[C@H]1CN(C(=O)Cc2ccc(Cl)cc2)C[C@@H]1NC(C)=O. The molecule has 1 heterocycles. The minimum Gasteiger partial charge on any atom is -0.359 e. The Labute approximate surface area is 140 Å². The van der Waals surface area contributed by atoms with Crippen molar-refractivity contribution in [3.63, 3.8) is 0 Å². The standard InChI is InChI=1S/C16H20ClN3O3/c1-10(21)19-14-9-20(8-13(14)16(23)18-2)15(22)7-11-3-5-12(17)6-4-11/h3-6,13-14H,7-9H2,1-2H3,(H,18,23)(H,19,21)/t13-,14-/m0/s1. The van der Waals surface area contributed by atoms with Gasteiger partial charge in [0.1, 0.15) is 0 Å². The fourth-order valence-electron chi connectivity index (χ4n) is 2.75. The maximum atomic E-state index is 12.4. The Morgan fingerprint density at radius 1 is 1.22 bits per heavy atom. The summed E-state index contributed by atoms with van der Waals surface area (Å²) in [7, 11) is 1.55. The van der Waals surface area contributed by atoms with Gasteiger partial charge in [-0.25, -0.2) is 0 Å². The van der Waals surface area contributed by atoms with Gasteiger partial charge >= 0.3 is 0 Å². The number of benzene rings is 1. The Balaban J connectivity index is 2.04. The molecule has 1 aromatic carbocycles. The summed E-state index contributed by atoms with van der Waals surface area (Å²) in [6.07, 6.45) is 0.241. The maximum absolute atomic E-state index is 12.4. The first-order valence-electron chi connectivity index (χ1n) is 7.41. The Morgan fingerprint density at radius 2 is 1.87 bits per heavy atom. The van der Waals surface area contributed by atoms with E-state index in [1.165, 1.54) is 6.92 Å². The number of rotatable bonds is 4. The monoisotopic (exact) mass is 337 g/mol. The van der Waals surface area contributed by atoms with Crippen LogP contribution in [0.3, 0.4) is 0 Å². The highest BCUT2D eigenvalue weighted by molar-refractivity contribution is 6.30. The van der Waals surface area contributed by atoms with Gasteiger partial charge in [0.05, 0.1) is 18.4 Å². The van der Waals surface area contributed by atoms with Gasteiger partial charge in [-0.15, -0.1) is 0 Å². The van der Waals surface area contributed by atoms with Gasteiger partial charge in [-0.1, -0.05) is 23.7 Å². The van der Waals surface area contributed by atoms with Crippen molar-refractivity contribution in [2.75, 3.05) is 20.1 Å². The second-order valence-electron chi connectivity index (χ2n) is 5.63. The Hall–Kier alpha value is -2.08. The zero-order valence-electron chi connectivity index (χ0n) is 13.1. The van der Waals surface area contributed by atoms with E-state index < -0.39 is 5.92 Å². The molecule has 2 N–H and O–H groups in total. The average Bonchev–Trinajstić information content (AvgIpc) is 2.92. The molecule has 3 amide bonds. The van der Waals surface area contributed by atoms with Crippen LogP contribution >= 0.6 is 11.6 Å². The number of amides is 3.